The van der Waals surface area contributed by atoms with Gasteiger partial charge in [0, 0.05) is 19.6 Å². The van der Waals surface area contributed by atoms with Crippen molar-refractivity contribution in [1.29, 1.82) is 0 Å². The third-order valence-corrected chi connectivity index (χ3v) is 7.44. The Labute approximate surface area is 122 Å². The van der Waals surface area contributed by atoms with E-state index in [2.05, 4.69) is 4.90 Å². The van der Waals surface area contributed by atoms with E-state index in [-0.39, 0.29) is 5.25 Å². The monoisotopic (exact) mass is 302 g/mol. The van der Waals surface area contributed by atoms with Gasteiger partial charge in [0.2, 0.25) is 10.0 Å². The summed E-state index contributed by atoms with van der Waals surface area (Å²) in [5, 5.41) is 10.5. The Hall–Kier alpha value is -0.170. The molecule has 2 aliphatic heterocycles. The molecule has 3 aliphatic rings. The molecular weight excluding hydrogens is 276 g/mol. The Morgan fingerprint density at radius 3 is 2.35 bits per heavy atom. The van der Waals surface area contributed by atoms with Crippen molar-refractivity contribution < 1.29 is 13.5 Å². The van der Waals surface area contributed by atoms with Gasteiger partial charge in [-0.15, -0.1) is 0 Å². The van der Waals surface area contributed by atoms with Crippen LogP contribution in [0.3, 0.4) is 0 Å². The third kappa shape index (κ3) is 2.89. The molecule has 2 heterocycles. The summed E-state index contributed by atoms with van der Waals surface area (Å²) in [7, 11) is -3.19. The first-order valence-electron chi connectivity index (χ1n) is 7.93. The first-order valence-corrected chi connectivity index (χ1v) is 9.44. The number of aliphatic hydroxyl groups is 1. The Balaban J connectivity index is 1.63. The van der Waals surface area contributed by atoms with E-state index >= 15 is 0 Å². The van der Waals surface area contributed by atoms with Crippen LogP contribution in [0.1, 0.15) is 44.9 Å². The highest BCUT2D eigenvalue weighted by atomic mass is 32.2. The van der Waals surface area contributed by atoms with Crippen LogP contribution in [0.15, 0.2) is 0 Å². The molecule has 1 saturated carbocycles. The Morgan fingerprint density at radius 1 is 1.05 bits per heavy atom. The molecule has 1 N–H and O–H groups in total. The molecule has 0 aromatic rings. The average Bonchev–Trinajstić information content (AvgIpc) is 3.09. The van der Waals surface area contributed by atoms with E-state index in [9.17, 15) is 13.5 Å². The minimum Gasteiger partial charge on any atom is -0.387 e. The first kappa shape index (κ1) is 14.8. The van der Waals surface area contributed by atoms with Crippen molar-refractivity contribution in [3.8, 4) is 0 Å². The summed E-state index contributed by atoms with van der Waals surface area (Å²) in [6.07, 6.45) is 6.61. The fourth-order valence-corrected chi connectivity index (χ4v) is 6.04. The highest BCUT2D eigenvalue weighted by molar-refractivity contribution is 7.89. The predicted molar refractivity (Wildman–Crippen MR) is 78.0 cm³/mol. The van der Waals surface area contributed by atoms with Crippen LogP contribution in [0.4, 0.5) is 0 Å². The SMILES string of the molecule is O=S(=O)(C1CCCC1)N1CC[C@@](O)(CN2CCCC2)C1. The molecule has 3 fully saturated rings. The highest BCUT2D eigenvalue weighted by Gasteiger charge is 2.45. The smallest absolute Gasteiger partial charge is 0.217 e. The second kappa shape index (κ2) is 5.55. The van der Waals surface area contributed by atoms with Crippen molar-refractivity contribution >= 4 is 10.0 Å². The van der Waals surface area contributed by atoms with Crippen molar-refractivity contribution in [2.75, 3.05) is 32.7 Å². The van der Waals surface area contributed by atoms with Gasteiger partial charge < -0.3 is 10.0 Å². The molecule has 0 aromatic heterocycles. The van der Waals surface area contributed by atoms with Gasteiger partial charge in [-0.2, -0.15) is 4.31 Å². The number of hydrogen-bond donors (Lipinski definition) is 1. The molecule has 1 aliphatic carbocycles. The Morgan fingerprint density at radius 2 is 1.70 bits per heavy atom. The molecule has 0 amide bonds. The molecule has 0 bridgehead atoms. The summed E-state index contributed by atoms with van der Waals surface area (Å²) in [4.78, 5) is 2.27. The minimum absolute atomic E-state index is 0.198. The highest BCUT2D eigenvalue weighted by Crippen LogP contribution is 2.32. The van der Waals surface area contributed by atoms with Gasteiger partial charge in [0.05, 0.1) is 10.9 Å². The number of β-amino-alcohol motifs (C(OH)–C–C–N with tert-alkyl or cyclic N) is 1. The molecule has 2 saturated heterocycles. The lowest BCUT2D eigenvalue weighted by Crippen LogP contribution is -2.46. The van der Waals surface area contributed by atoms with E-state index in [1.807, 2.05) is 0 Å². The number of hydrogen-bond acceptors (Lipinski definition) is 4. The van der Waals surface area contributed by atoms with Gasteiger partial charge in [0.25, 0.3) is 0 Å². The number of likely N-dealkylation sites (tertiary alicyclic amines) is 1. The summed E-state index contributed by atoms with van der Waals surface area (Å²) in [5.74, 6) is 0. The zero-order valence-electron chi connectivity index (χ0n) is 12.1. The minimum atomic E-state index is -3.19. The largest absolute Gasteiger partial charge is 0.387 e. The zero-order valence-corrected chi connectivity index (χ0v) is 12.9. The second-order valence-corrected chi connectivity index (χ2v) is 8.96. The normalized spacial score (nSPS) is 34.2. The van der Waals surface area contributed by atoms with Crippen LogP contribution in [0, 0.1) is 0 Å². The van der Waals surface area contributed by atoms with Crippen LogP contribution in [0.2, 0.25) is 0 Å². The lowest BCUT2D eigenvalue weighted by Gasteiger charge is -2.29. The summed E-state index contributed by atoms with van der Waals surface area (Å²) in [6.45, 7) is 3.49. The van der Waals surface area contributed by atoms with Gasteiger partial charge in [-0.25, -0.2) is 8.42 Å². The molecule has 6 heteroatoms. The maximum atomic E-state index is 12.6. The lowest BCUT2D eigenvalue weighted by atomic mass is 10.0. The van der Waals surface area contributed by atoms with Gasteiger partial charge in [-0.05, 0) is 45.2 Å². The molecule has 0 unspecified atom stereocenters. The van der Waals surface area contributed by atoms with Crippen molar-refractivity contribution in [2.24, 2.45) is 0 Å². The van der Waals surface area contributed by atoms with E-state index in [4.69, 9.17) is 0 Å². The Bertz CT molecular complexity index is 441. The molecule has 0 spiro atoms. The molecule has 0 aromatic carbocycles. The van der Waals surface area contributed by atoms with Crippen LogP contribution in [0.25, 0.3) is 0 Å². The predicted octanol–water partition coefficient (Wildman–Crippen LogP) is 0.791. The van der Waals surface area contributed by atoms with Gasteiger partial charge in [0.15, 0.2) is 0 Å². The lowest BCUT2D eigenvalue weighted by molar-refractivity contribution is 0.0232. The average molecular weight is 302 g/mol. The quantitative estimate of drug-likeness (QED) is 0.834. The van der Waals surface area contributed by atoms with Crippen LogP contribution in [-0.4, -0.2) is 66.3 Å². The first-order chi connectivity index (χ1) is 9.50. The van der Waals surface area contributed by atoms with E-state index in [0.717, 1.165) is 38.8 Å². The van der Waals surface area contributed by atoms with E-state index < -0.39 is 15.6 Å². The van der Waals surface area contributed by atoms with E-state index in [1.54, 1.807) is 4.31 Å². The molecule has 1 atom stereocenters. The summed E-state index contributed by atoms with van der Waals surface area (Å²) >= 11 is 0. The fourth-order valence-electron chi connectivity index (χ4n) is 3.92. The van der Waals surface area contributed by atoms with Crippen LogP contribution >= 0.6 is 0 Å². The maximum absolute atomic E-state index is 12.6. The van der Waals surface area contributed by atoms with Gasteiger partial charge >= 0.3 is 0 Å². The van der Waals surface area contributed by atoms with Crippen molar-refractivity contribution in [3.05, 3.63) is 0 Å². The number of sulfonamides is 1. The summed E-state index contributed by atoms with van der Waals surface area (Å²) in [6, 6.07) is 0. The van der Waals surface area contributed by atoms with Crippen LogP contribution in [0.5, 0.6) is 0 Å². The van der Waals surface area contributed by atoms with Gasteiger partial charge in [-0.1, -0.05) is 12.8 Å². The zero-order chi connectivity index (χ0) is 14.2. The maximum Gasteiger partial charge on any atom is 0.217 e. The topological polar surface area (TPSA) is 60.9 Å². The van der Waals surface area contributed by atoms with Gasteiger partial charge in [-0.3, -0.25) is 0 Å². The summed E-state index contributed by atoms with van der Waals surface area (Å²) < 4.78 is 26.7. The van der Waals surface area contributed by atoms with E-state index in [0.29, 0.717) is 26.1 Å². The number of nitrogens with zero attached hydrogens (tertiary/aromatic N) is 2. The van der Waals surface area contributed by atoms with Crippen molar-refractivity contribution in [1.82, 2.24) is 9.21 Å². The molecule has 116 valence electrons. The van der Waals surface area contributed by atoms with Crippen LogP contribution < -0.4 is 0 Å². The standard InChI is InChI=1S/C14H26N2O3S/c17-14(11-15-8-3-4-9-15)7-10-16(12-14)20(18,19)13-5-1-2-6-13/h13,17H,1-12H2/t14-/m1/s1. The molecule has 3 rings (SSSR count). The summed E-state index contributed by atoms with van der Waals surface area (Å²) in [5.41, 5.74) is -0.837. The Kier molecular flexibility index (Phi) is 4.10. The van der Waals surface area contributed by atoms with Gasteiger partial charge in [0.1, 0.15) is 0 Å². The molecule has 20 heavy (non-hydrogen) atoms. The van der Waals surface area contributed by atoms with Crippen molar-refractivity contribution in [2.45, 2.75) is 55.8 Å². The molecule has 0 radical (unpaired) electrons. The van der Waals surface area contributed by atoms with Crippen LogP contribution in [-0.2, 0) is 10.0 Å². The van der Waals surface area contributed by atoms with Crippen molar-refractivity contribution in [3.63, 3.8) is 0 Å². The fraction of sp³-hybridized carbons (Fsp3) is 1.00. The number of rotatable bonds is 4. The second-order valence-electron chi connectivity index (χ2n) is 6.74. The van der Waals surface area contributed by atoms with E-state index in [1.165, 1.54) is 12.8 Å². The molecule has 5 nitrogen and oxygen atoms in total. The third-order valence-electron chi connectivity index (χ3n) is 5.10. The molecular formula is C14H26N2O3S.